The van der Waals surface area contributed by atoms with Crippen LogP contribution in [0.2, 0.25) is 0 Å². The Bertz CT molecular complexity index is 543. The summed E-state index contributed by atoms with van der Waals surface area (Å²) in [5.41, 5.74) is 0.952. The molecule has 25 heavy (non-hydrogen) atoms. The van der Waals surface area contributed by atoms with E-state index in [0.29, 0.717) is 19.3 Å². The molecule has 0 spiro atoms. The zero-order valence-corrected chi connectivity index (χ0v) is 15.4. The summed E-state index contributed by atoms with van der Waals surface area (Å²) in [6, 6.07) is 8.18. The van der Waals surface area contributed by atoms with Crippen LogP contribution in [-0.4, -0.2) is 30.2 Å². The van der Waals surface area contributed by atoms with Crippen molar-refractivity contribution < 1.29 is 14.4 Å². The van der Waals surface area contributed by atoms with Gasteiger partial charge in [0.25, 0.3) is 0 Å². The van der Waals surface area contributed by atoms with Gasteiger partial charge in [0, 0.05) is 12.8 Å². The van der Waals surface area contributed by atoms with E-state index < -0.39 is 12.1 Å². The molecular formula is C20H29N2O3. The number of nitrogens with one attached hydrogen (secondary N) is 2. The van der Waals surface area contributed by atoms with Gasteiger partial charge in [-0.1, -0.05) is 63.9 Å². The van der Waals surface area contributed by atoms with Crippen molar-refractivity contribution >= 4 is 18.1 Å². The second kappa shape index (κ2) is 11.4. The Labute approximate surface area is 150 Å². The first-order valence-corrected chi connectivity index (χ1v) is 8.97. The first-order valence-electron chi connectivity index (χ1n) is 8.97. The molecule has 5 heteroatoms. The molecular weight excluding hydrogens is 316 g/mol. The zero-order chi connectivity index (χ0) is 18.7. The maximum absolute atomic E-state index is 12.6. The minimum Gasteiger partial charge on any atom is -0.344 e. The van der Waals surface area contributed by atoms with Gasteiger partial charge in [0.2, 0.25) is 18.1 Å². The molecule has 0 fully saturated rings. The lowest BCUT2D eigenvalue weighted by Crippen LogP contribution is -2.51. The summed E-state index contributed by atoms with van der Waals surface area (Å²) in [6.07, 6.45) is 4.95. The fourth-order valence-electron chi connectivity index (χ4n) is 2.52. The van der Waals surface area contributed by atoms with Gasteiger partial charge in [-0.2, -0.15) is 0 Å². The van der Waals surface area contributed by atoms with Crippen molar-refractivity contribution in [3.63, 3.8) is 0 Å². The first-order chi connectivity index (χ1) is 12.0. The van der Waals surface area contributed by atoms with E-state index in [9.17, 15) is 14.4 Å². The molecule has 2 N–H and O–H groups in total. The lowest BCUT2D eigenvalue weighted by atomic mass is 10.0. The maximum Gasteiger partial charge on any atom is 0.243 e. The van der Waals surface area contributed by atoms with Crippen LogP contribution < -0.4 is 10.6 Å². The second-order valence-electron chi connectivity index (χ2n) is 6.73. The minimum atomic E-state index is -0.703. The predicted octanol–water partition coefficient (Wildman–Crippen LogP) is 2.54. The highest BCUT2D eigenvalue weighted by atomic mass is 16.2. The van der Waals surface area contributed by atoms with Gasteiger partial charge in [-0.15, -0.1) is 0 Å². The van der Waals surface area contributed by atoms with Crippen molar-refractivity contribution in [2.24, 2.45) is 5.92 Å². The van der Waals surface area contributed by atoms with Crippen LogP contribution in [0.15, 0.2) is 30.3 Å². The minimum absolute atomic E-state index is 0.161. The van der Waals surface area contributed by atoms with Crippen molar-refractivity contribution in [1.29, 1.82) is 0 Å². The summed E-state index contributed by atoms with van der Waals surface area (Å²) < 4.78 is 0. The van der Waals surface area contributed by atoms with Gasteiger partial charge in [0.1, 0.15) is 6.04 Å². The Morgan fingerprint density at radius 3 is 2.36 bits per heavy atom. The van der Waals surface area contributed by atoms with Crippen LogP contribution in [0, 0.1) is 5.92 Å². The summed E-state index contributed by atoms with van der Waals surface area (Å²) in [5.74, 6) is -0.294. The Hall–Kier alpha value is -2.17. The van der Waals surface area contributed by atoms with Crippen molar-refractivity contribution in [1.82, 2.24) is 10.6 Å². The Balaban J connectivity index is 2.78. The summed E-state index contributed by atoms with van der Waals surface area (Å²) in [6.45, 7) is 5.93. The smallest absolute Gasteiger partial charge is 0.243 e. The molecule has 0 heterocycles. The monoisotopic (exact) mass is 345 g/mol. The second-order valence-corrected chi connectivity index (χ2v) is 6.73. The van der Waals surface area contributed by atoms with E-state index in [1.165, 1.54) is 0 Å². The Morgan fingerprint density at radius 2 is 1.80 bits per heavy atom. The van der Waals surface area contributed by atoms with Crippen LogP contribution in [0.25, 0.3) is 0 Å². The Morgan fingerprint density at radius 1 is 1.12 bits per heavy atom. The van der Waals surface area contributed by atoms with E-state index >= 15 is 0 Å². The molecule has 1 aromatic rings. The molecule has 0 unspecified atom stereocenters. The molecule has 137 valence electrons. The highest BCUT2D eigenvalue weighted by Crippen LogP contribution is 2.07. The molecule has 0 saturated carbocycles. The number of carbonyl (C=O) groups excluding carboxylic acids is 3. The molecule has 2 atom stereocenters. The molecule has 0 bridgehead atoms. The fourth-order valence-corrected chi connectivity index (χ4v) is 2.52. The molecule has 0 aliphatic rings. The third-order valence-electron chi connectivity index (χ3n) is 3.83. The molecule has 0 aliphatic carbocycles. The van der Waals surface area contributed by atoms with Crippen LogP contribution >= 0.6 is 0 Å². The highest BCUT2D eigenvalue weighted by molar-refractivity contribution is 5.89. The van der Waals surface area contributed by atoms with Crippen molar-refractivity contribution in [2.75, 3.05) is 0 Å². The molecule has 1 radical (unpaired) electrons. The SMILES string of the molecule is CCCC[C@@H]([C]=O)NC(=O)[C@H](Cc1ccccc1)NC(=O)CC(C)C. The van der Waals surface area contributed by atoms with Gasteiger partial charge in [0.05, 0.1) is 6.04 Å². The van der Waals surface area contributed by atoms with E-state index in [2.05, 4.69) is 10.6 Å². The molecule has 1 aromatic carbocycles. The molecule has 0 aliphatic heterocycles. The summed E-state index contributed by atoms with van der Waals surface area (Å²) in [4.78, 5) is 35.8. The quantitative estimate of drug-likeness (QED) is 0.647. The third-order valence-corrected chi connectivity index (χ3v) is 3.83. The van der Waals surface area contributed by atoms with Gasteiger partial charge in [-0.25, -0.2) is 0 Å². The average Bonchev–Trinajstić information content (AvgIpc) is 2.58. The summed E-state index contributed by atoms with van der Waals surface area (Å²) in [5, 5.41) is 5.50. The van der Waals surface area contributed by atoms with Crippen molar-refractivity contribution in [3.8, 4) is 0 Å². The number of hydrogen-bond donors (Lipinski definition) is 2. The standard InChI is InChI=1S/C20H29N2O3/c1-4-5-11-17(14-23)21-20(25)18(22-19(24)12-15(2)3)13-16-9-7-6-8-10-16/h6-10,15,17-18H,4-5,11-13H2,1-3H3,(H,21,25)(H,22,24)/t17-,18-/m0/s1. The number of carbonyl (C=O) groups is 2. The topological polar surface area (TPSA) is 75.3 Å². The van der Waals surface area contributed by atoms with Gasteiger partial charge in [-0.05, 0) is 17.9 Å². The molecule has 2 amide bonds. The van der Waals surface area contributed by atoms with Gasteiger partial charge in [-0.3, -0.25) is 14.4 Å². The largest absolute Gasteiger partial charge is 0.344 e. The highest BCUT2D eigenvalue weighted by Gasteiger charge is 2.24. The fraction of sp³-hybridized carbons (Fsp3) is 0.550. The summed E-state index contributed by atoms with van der Waals surface area (Å²) >= 11 is 0. The van der Waals surface area contributed by atoms with E-state index in [1.54, 1.807) is 0 Å². The number of hydrogen-bond acceptors (Lipinski definition) is 3. The van der Waals surface area contributed by atoms with Crippen LogP contribution in [0.3, 0.4) is 0 Å². The van der Waals surface area contributed by atoms with E-state index in [-0.39, 0.29) is 17.7 Å². The number of amides is 2. The first kappa shape index (κ1) is 20.9. The lowest BCUT2D eigenvalue weighted by Gasteiger charge is -2.21. The van der Waals surface area contributed by atoms with Crippen LogP contribution in [0.1, 0.15) is 52.0 Å². The maximum atomic E-state index is 12.6. The third kappa shape index (κ3) is 8.47. The summed E-state index contributed by atoms with van der Waals surface area (Å²) in [7, 11) is 0. The van der Waals surface area contributed by atoms with Crippen molar-refractivity contribution in [3.05, 3.63) is 35.9 Å². The zero-order valence-electron chi connectivity index (χ0n) is 15.4. The van der Waals surface area contributed by atoms with Gasteiger partial charge in [0.15, 0.2) is 0 Å². The van der Waals surface area contributed by atoms with Crippen LogP contribution in [0.5, 0.6) is 0 Å². The van der Waals surface area contributed by atoms with Crippen molar-refractivity contribution in [2.45, 2.75) is 65.0 Å². The number of unbranched alkanes of at least 4 members (excludes halogenated alkanes) is 1. The molecule has 1 rings (SSSR count). The number of benzene rings is 1. The molecule has 5 nitrogen and oxygen atoms in total. The normalized spacial score (nSPS) is 13.1. The Kier molecular flexibility index (Phi) is 9.51. The number of rotatable bonds is 11. The van der Waals surface area contributed by atoms with E-state index in [0.717, 1.165) is 18.4 Å². The molecule has 0 saturated heterocycles. The van der Waals surface area contributed by atoms with Crippen LogP contribution in [0.4, 0.5) is 0 Å². The van der Waals surface area contributed by atoms with E-state index in [1.807, 2.05) is 57.4 Å². The predicted molar refractivity (Wildman–Crippen MR) is 98.7 cm³/mol. The van der Waals surface area contributed by atoms with Crippen LogP contribution in [-0.2, 0) is 20.8 Å². The van der Waals surface area contributed by atoms with Gasteiger partial charge >= 0.3 is 0 Å². The average molecular weight is 345 g/mol. The van der Waals surface area contributed by atoms with E-state index in [4.69, 9.17) is 0 Å². The van der Waals surface area contributed by atoms with Gasteiger partial charge < -0.3 is 10.6 Å². The lowest BCUT2D eigenvalue weighted by molar-refractivity contribution is -0.129. The molecule has 0 aromatic heterocycles.